The maximum absolute atomic E-state index is 5.54. The Morgan fingerprint density at radius 2 is 1.87 bits per heavy atom. The lowest BCUT2D eigenvalue weighted by molar-refractivity contribution is 0.122. The fraction of sp³-hybridized carbons (Fsp3) is 0.522. The van der Waals surface area contributed by atoms with Crippen molar-refractivity contribution >= 4 is 5.82 Å². The Labute approximate surface area is 184 Å². The van der Waals surface area contributed by atoms with Crippen LogP contribution in [0.3, 0.4) is 0 Å². The summed E-state index contributed by atoms with van der Waals surface area (Å²) >= 11 is 0. The van der Waals surface area contributed by atoms with E-state index >= 15 is 0 Å². The summed E-state index contributed by atoms with van der Waals surface area (Å²) in [5.41, 5.74) is 5.68. The van der Waals surface area contributed by atoms with E-state index in [4.69, 9.17) is 9.84 Å². The highest BCUT2D eigenvalue weighted by Crippen LogP contribution is 2.29. The third-order valence-electron chi connectivity index (χ3n) is 5.67. The summed E-state index contributed by atoms with van der Waals surface area (Å²) in [5, 5.41) is 13.0. The van der Waals surface area contributed by atoms with Crippen molar-refractivity contribution in [3.8, 4) is 5.82 Å². The molecular weight excluding hydrogens is 390 g/mol. The first-order chi connectivity index (χ1) is 14.9. The molecule has 4 heterocycles. The highest BCUT2D eigenvalue weighted by molar-refractivity contribution is 5.51. The number of aryl methyl sites for hydroxylation is 3. The van der Waals surface area contributed by atoms with E-state index in [1.807, 2.05) is 42.5 Å². The van der Waals surface area contributed by atoms with Gasteiger partial charge in [-0.15, -0.1) is 0 Å². The predicted octanol–water partition coefficient (Wildman–Crippen LogP) is 2.87. The van der Waals surface area contributed by atoms with Crippen LogP contribution in [-0.2, 0) is 24.9 Å². The van der Waals surface area contributed by atoms with Gasteiger partial charge in [0.25, 0.3) is 0 Å². The minimum atomic E-state index is 0.375. The molecule has 3 aromatic rings. The summed E-state index contributed by atoms with van der Waals surface area (Å²) in [5.74, 6) is 2.43. The largest absolute Gasteiger partial charge is 0.378 e. The van der Waals surface area contributed by atoms with Crippen molar-refractivity contribution in [2.75, 3.05) is 31.2 Å². The zero-order valence-electron chi connectivity index (χ0n) is 19.2. The summed E-state index contributed by atoms with van der Waals surface area (Å²) in [7, 11) is 2.04. The SMILES string of the molecule is Cc1cc(C)n(-c2ccc(CNCc3c(C(C)C)nn(C)c3N3CCOCC3)cn2)n1. The summed E-state index contributed by atoms with van der Waals surface area (Å²) in [6.45, 7) is 13.3. The van der Waals surface area contributed by atoms with Crippen LogP contribution in [0.25, 0.3) is 5.82 Å². The molecule has 0 radical (unpaired) electrons. The zero-order valence-corrected chi connectivity index (χ0v) is 19.2. The first-order valence-electron chi connectivity index (χ1n) is 11.0. The fourth-order valence-electron chi connectivity index (χ4n) is 4.22. The van der Waals surface area contributed by atoms with E-state index in [0.717, 1.165) is 67.9 Å². The van der Waals surface area contributed by atoms with Gasteiger partial charge in [0.05, 0.1) is 24.6 Å². The highest BCUT2D eigenvalue weighted by Gasteiger charge is 2.24. The highest BCUT2D eigenvalue weighted by atomic mass is 16.5. The number of anilines is 1. The van der Waals surface area contributed by atoms with E-state index in [9.17, 15) is 0 Å². The van der Waals surface area contributed by atoms with Gasteiger partial charge in [-0.2, -0.15) is 10.2 Å². The number of morpholine rings is 1. The number of hydrogen-bond donors (Lipinski definition) is 1. The second-order valence-electron chi connectivity index (χ2n) is 8.53. The van der Waals surface area contributed by atoms with Crippen molar-refractivity contribution in [3.05, 3.63) is 52.6 Å². The number of nitrogens with zero attached hydrogens (tertiary/aromatic N) is 6. The molecule has 8 heteroatoms. The molecule has 0 atom stereocenters. The number of ether oxygens (including phenoxy) is 1. The number of hydrogen-bond acceptors (Lipinski definition) is 6. The molecule has 31 heavy (non-hydrogen) atoms. The molecule has 0 saturated carbocycles. The van der Waals surface area contributed by atoms with Crippen molar-refractivity contribution in [2.24, 2.45) is 7.05 Å². The third-order valence-corrected chi connectivity index (χ3v) is 5.67. The Hall–Kier alpha value is -2.71. The van der Waals surface area contributed by atoms with Crippen LogP contribution in [-0.4, -0.2) is 50.8 Å². The third kappa shape index (κ3) is 4.65. The molecule has 0 unspecified atom stereocenters. The van der Waals surface area contributed by atoms with Gasteiger partial charge in [0.1, 0.15) is 5.82 Å². The summed E-state index contributed by atoms with van der Waals surface area (Å²) < 4.78 is 9.46. The Bertz CT molecular complexity index is 1010. The predicted molar refractivity (Wildman–Crippen MR) is 122 cm³/mol. The lowest BCUT2D eigenvalue weighted by atomic mass is 10.0. The van der Waals surface area contributed by atoms with Crippen LogP contribution < -0.4 is 10.2 Å². The molecule has 0 aliphatic carbocycles. The summed E-state index contributed by atoms with van der Waals surface area (Å²) in [6.07, 6.45) is 1.92. The average molecular weight is 424 g/mol. The van der Waals surface area contributed by atoms with E-state index in [2.05, 4.69) is 46.3 Å². The molecule has 1 aliphatic rings. The topological polar surface area (TPSA) is 73.0 Å². The van der Waals surface area contributed by atoms with Crippen LogP contribution in [0.4, 0.5) is 5.82 Å². The van der Waals surface area contributed by atoms with Crippen molar-refractivity contribution < 1.29 is 4.74 Å². The monoisotopic (exact) mass is 423 g/mol. The Morgan fingerprint density at radius 3 is 2.48 bits per heavy atom. The molecule has 1 saturated heterocycles. The van der Waals surface area contributed by atoms with E-state index in [0.29, 0.717) is 5.92 Å². The fourth-order valence-corrected chi connectivity index (χ4v) is 4.22. The van der Waals surface area contributed by atoms with Gasteiger partial charge in [-0.3, -0.25) is 4.68 Å². The first kappa shape index (κ1) is 21.5. The minimum absolute atomic E-state index is 0.375. The number of rotatable bonds is 7. The van der Waals surface area contributed by atoms with E-state index in [1.165, 1.54) is 11.4 Å². The Balaban J connectivity index is 1.46. The van der Waals surface area contributed by atoms with Crippen molar-refractivity contribution in [1.29, 1.82) is 0 Å². The molecule has 166 valence electrons. The van der Waals surface area contributed by atoms with Gasteiger partial charge in [0.2, 0.25) is 0 Å². The lowest BCUT2D eigenvalue weighted by Crippen LogP contribution is -2.38. The zero-order chi connectivity index (χ0) is 22.0. The van der Waals surface area contributed by atoms with E-state index < -0.39 is 0 Å². The van der Waals surface area contributed by atoms with Crippen LogP contribution in [0.15, 0.2) is 24.4 Å². The van der Waals surface area contributed by atoms with Gasteiger partial charge in [-0.05, 0) is 37.5 Å². The molecule has 0 amide bonds. The molecule has 3 aromatic heterocycles. The molecule has 1 aliphatic heterocycles. The van der Waals surface area contributed by atoms with Crippen LogP contribution in [0.1, 0.15) is 48.0 Å². The second kappa shape index (κ2) is 9.20. The van der Waals surface area contributed by atoms with E-state index in [-0.39, 0.29) is 0 Å². The minimum Gasteiger partial charge on any atom is -0.378 e. The molecular formula is C23H33N7O. The first-order valence-corrected chi connectivity index (χ1v) is 11.0. The standard InChI is InChI=1S/C23H33N7O/c1-16(2)22-20(23(28(5)27-22)29-8-10-31-11-9-29)15-24-13-19-6-7-21(25-14-19)30-18(4)12-17(3)26-30/h6-7,12,14,16,24H,8-11,13,15H2,1-5H3. The maximum atomic E-state index is 5.54. The van der Waals surface area contributed by atoms with Gasteiger partial charge in [0, 0.05) is 50.7 Å². The van der Waals surface area contributed by atoms with Crippen molar-refractivity contribution in [3.63, 3.8) is 0 Å². The smallest absolute Gasteiger partial charge is 0.153 e. The Kier molecular flexibility index (Phi) is 6.38. The Morgan fingerprint density at radius 1 is 1.10 bits per heavy atom. The van der Waals surface area contributed by atoms with Crippen LogP contribution in [0.2, 0.25) is 0 Å². The molecule has 4 rings (SSSR count). The van der Waals surface area contributed by atoms with Gasteiger partial charge in [-0.1, -0.05) is 19.9 Å². The maximum Gasteiger partial charge on any atom is 0.153 e. The van der Waals surface area contributed by atoms with Crippen LogP contribution in [0, 0.1) is 13.8 Å². The van der Waals surface area contributed by atoms with Crippen LogP contribution in [0.5, 0.6) is 0 Å². The van der Waals surface area contributed by atoms with Gasteiger partial charge in [-0.25, -0.2) is 9.67 Å². The van der Waals surface area contributed by atoms with Crippen LogP contribution >= 0.6 is 0 Å². The number of aromatic nitrogens is 5. The molecule has 0 spiro atoms. The molecule has 0 aromatic carbocycles. The van der Waals surface area contributed by atoms with Gasteiger partial charge >= 0.3 is 0 Å². The normalized spacial score (nSPS) is 14.6. The molecule has 1 N–H and O–H groups in total. The van der Waals surface area contributed by atoms with E-state index in [1.54, 1.807) is 0 Å². The van der Waals surface area contributed by atoms with Gasteiger partial charge < -0.3 is 15.0 Å². The molecule has 0 bridgehead atoms. The quantitative estimate of drug-likeness (QED) is 0.630. The van der Waals surface area contributed by atoms with Gasteiger partial charge in [0.15, 0.2) is 5.82 Å². The lowest BCUT2D eigenvalue weighted by Gasteiger charge is -2.29. The molecule has 1 fully saturated rings. The van der Waals surface area contributed by atoms with Crippen molar-refractivity contribution in [2.45, 2.75) is 46.7 Å². The summed E-state index contributed by atoms with van der Waals surface area (Å²) in [4.78, 5) is 7.00. The second-order valence-corrected chi connectivity index (χ2v) is 8.53. The summed E-state index contributed by atoms with van der Waals surface area (Å²) in [6, 6.07) is 6.20. The average Bonchev–Trinajstić information content (AvgIpc) is 3.27. The molecule has 8 nitrogen and oxygen atoms in total. The number of pyridine rings is 1. The van der Waals surface area contributed by atoms with Crippen molar-refractivity contribution in [1.82, 2.24) is 29.9 Å². The number of nitrogens with one attached hydrogen (secondary N) is 1.